The summed E-state index contributed by atoms with van der Waals surface area (Å²) in [6, 6.07) is 12.5. The Morgan fingerprint density at radius 3 is 2.50 bits per heavy atom. The first-order valence-corrected chi connectivity index (χ1v) is 6.42. The molecule has 0 heterocycles. The van der Waals surface area contributed by atoms with Gasteiger partial charge in [0.05, 0.1) is 0 Å². The predicted molar refractivity (Wildman–Crippen MR) is 79.2 cm³/mol. The number of rotatable bonds is 4. The Balaban J connectivity index is 2.00. The lowest BCUT2D eigenvalue weighted by Crippen LogP contribution is -2.06. The summed E-state index contributed by atoms with van der Waals surface area (Å²) in [4.78, 5) is 10.9. The number of hydrogen-bond acceptors (Lipinski definition) is 2. The Hall–Kier alpha value is -2.36. The molecule has 2 aromatic carbocycles. The molecule has 2 rings (SSSR count). The average Bonchev–Trinajstić information content (AvgIpc) is 2.41. The molecule has 104 valence electrons. The molecule has 1 amide bonds. The van der Waals surface area contributed by atoms with Crippen LogP contribution in [-0.4, -0.2) is 5.91 Å². The van der Waals surface area contributed by atoms with E-state index in [0.717, 1.165) is 16.9 Å². The van der Waals surface area contributed by atoms with Gasteiger partial charge in [-0.25, -0.2) is 4.39 Å². The first-order chi connectivity index (χ1) is 9.56. The summed E-state index contributed by atoms with van der Waals surface area (Å²) in [6.45, 7) is 3.82. The van der Waals surface area contributed by atoms with Gasteiger partial charge >= 0.3 is 0 Å². The van der Waals surface area contributed by atoms with Crippen molar-refractivity contribution in [3.8, 4) is 0 Å². The maximum absolute atomic E-state index is 13.4. The molecule has 0 bridgehead atoms. The highest BCUT2D eigenvalue weighted by Gasteiger charge is 2.03. The van der Waals surface area contributed by atoms with Crippen molar-refractivity contribution >= 4 is 17.3 Å². The number of nitrogens with one attached hydrogen (secondary N) is 2. The van der Waals surface area contributed by atoms with Gasteiger partial charge in [0.2, 0.25) is 5.91 Å². The monoisotopic (exact) mass is 272 g/mol. The number of hydrogen-bond donors (Lipinski definition) is 2. The van der Waals surface area contributed by atoms with Gasteiger partial charge in [-0.3, -0.25) is 4.79 Å². The number of carbonyl (C=O) groups excluding carboxylic acids is 1. The van der Waals surface area contributed by atoms with Gasteiger partial charge in [-0.1, -0.05) is 18.2 Å². The van der Waals surface area contributed by atoms with Crippen LogP contribution < -0.4 is 10.6 Å². The van der Waals surface area contributed by atoms with E-state index in [1.165, 1.54) is 13.0 Å². The Morgan fingerprint density at radius 2 is 1.85 bits per heavy atom. The maximum atomic E-state index is 13.4. The van der Waals surface area contributed by atoms with E-state index in [0.29, 0.717) is 12.1 Å². The van der Waals surface area contributed by atoms with Crippen LogP contribution in [0.25, 0.3) is 0 Å². The Bertz CT molecular complexity index is 608. The van der Waals surface area contributed by atoms with E-state index >= 15 is 0 Å². The summed E-state index contributed by atoms with van der Waals surface area (Å²) in [5.41, 5.74) is 3.23. The minimum absolute atomic E-state index is 0.0914. The van der Waals surface area contributed by atoms with Crippen LogP contribution in [0.3, 0.4) is 0 Å². The van der Waals surface area contributed by atoms with Gasteiger partial charge in [0, 0.05) is 30.4 Å². The summed E-state index contributed by atoms with van der Waals surface area (Å²) < 4.78 is 13.4. The normalized spacial score (nSPS) is 10.2. The fourth-order valence-electron chi connectivity index (χ4n) is 1.91. The highest BCUT2D eigenvalue weighted by atomic mass is 19.1. The molecule has 0 atom stereocenters. The van der Waals surface area contributed by atoms with Gasteiger partial charge in [0.1, 0.15) is 5.82 Å². The van der Waals surface area contributed by atoms with Gasteiger partial charge in [0.15, 0.2) is 0 Å². The van der Waals surface area contributed by atoms with Crippen molar-refractivity contribution in [2.24, 2.45) is 0 Å². The molecule has 0 spiro atoms. The molecule has 0 saturated heterocycles. The van der Waals surface area contributed by atoms with Crippen molar-refractivity contribution < 1.29 is 9.18 Å². The largest absolute Gasteiger partial charge is 0.381 e. The van der Waals surface area contributed by atoms with Crippen LogP contribution in [0.2, 0.25) is 0 Å². The first-order valence-electron chi connectivity index (χ1n) is 6.42. The average molecular weight is 272 g/mol. The van der Waals surface area contributed by atoms with Crippen LogP contribution in [0.1, 0.15) is 18.1 Å². The standard InChI is InChI=1S/C16H17FN2O/c1-11-15(17)4-3-5-16(11)18-10-13-6-8-14(9-7-13)19-12(2)20/h3-9,18H,10H2,1-2H3,(H,19,20). The van der Waals surface area contributed by atoms with Crippen molar-refractivity contribution in [2.75, 3.05) is 10.6 Å². The first kappa shape index (κ1) is 14.1. The SMILES string of the molecule is CC(=O)Nc1ccc(CNc2cccc(F)c2C)cc1. The molecule has 0 aliphatic heterocycles. The smallest absolute Gasteiger partial charge is 0.221 e. The Kier molecular flexibility index (Phi) is 4.35. The van der Waals surface area contributed by atoms with Crippen molar-refractivity contribution in [3.05, 3.63) is 59.4 Å². The number of anilines is 2. The van der Waals surface area contributed by atoms with E-state index in [9.17, 15) is 9.18 Å². The Morgan fingerprint density at radius 1 is 1.15 bits per heavy atom. The number of carbonyl (C=O) groups is 1. The number of halogens is 1. The van der Waals surface area contributed by atoms with Crippen LogP contribution in [-0.2, 0) is 11.3 Å². The molecule has 20 heavy (non-hydrogen) atoms. The van der Waals surface area contributed by atoms with Crippen LogP contribution in [0, 0.1) is 12.7 Å². The molecule has 3 nitrogen and oxygen atoms in total. The molecule has 0 aliphatic carbocycles. The van der Waals surface area contributed by atoms with Gasteiger partial charge in [-0.2, -0.15) is 0 Å². The van der Waals surface area contributed by atoms with E-state index in [1.54, 1.807) is 13.0 Å². The van der Waals surface area contributed by atoms with Gasteiger partial charge in [-0.15, -0.1) is 0 Å². The molecule has 0 fully saturated rings. The fourth-order valence-corrected chi connectivity index (χ4v) is 1.91. The molecular formula is C16H17FN2O. The topological polar surface area (TPSA) is 41.1 Å². The summed E-state index contributed by atoms with van der Waals surface area (Å²) in [5.74, 6) is -0.303. The molecule has 4 heteroatoms. The second kappa shape index (κ2) is 6.19. The molecule has 0 radical (unpaired) electrons. The summed E-state index contributed by atoms with van der Waals surface area (Å²) in [5, 5.41) is 5.92. The minimum atomic E-state index is -0.212. The third kappa shape index (κ3) is 3.57. The molecule has 2 aromatic rings. The Labute approximate surface area is 117 Å². The molecule has 0 aromatic heterocycles. The van der Waals surface area contributed by atoms with E-state index < -0.39 is 0 Å². The van der Waals surface area contributed by atoms with Crippen molar-refractivity contribution in [3.63, 3.8) is 0 Å². The van der Waals surface area contributed by atoms with Crippen LogP contribution in [0.4, 0.5) is 15.8 Å². The van der Waals surface area contributed by atoms with Crippen LogP contribution >= 0.6 is 0 Å². The second-order valence-corrected chi connectivity index (χ2v) is 4.64. The number of benzene rings is 2. The summed E-state index contributed by atoms with van der Waals surface area (Å²) in [6.07, 6.45) is 0. The zero-order valence-electron chi connectivity index (χ0n) is 11.5. The van der Waals surface area contributed by atoms with E-state index in [-0.39, 0.29) is 11.7 Å². The third-order valence-electron chi connectivity index (χ3n) is 3.02. The number of amides is 1. The van der Waals surface area contributed by atoms with E-state index in [4.69, 9.17) is 0 Å². The lowest BCUT2D eigenvalue weighted by atomic mass is 10.1. The van der Waals surface area contributed by atoms with E-state index in [1.807, 2.05) is 30.3 Å². The summed E-state index contributed by atoms with van der Waals surface area (Å²) >= 11 is 0. The van der Waals surface area contributed by atoms with Crippen molar-refractivity contribution in [2.45, 2.75) is 20.4 Å². The lowest BCUT2D eigenvalue weighted by molar-refractivity contribution is -0.114. The summed E-state index contributed by atoms with van der Waals surface area (Å²) in [7, 11) is 0. The van der Waals surface area contributed by atoms with E-state index in [2.05, 4.69) is 10.6 Å². The molecule has 0 saturated carbocycles. The van der Waals surface area contributed by atoms with Crippen molar-refractivity contribution in [1.29, 1.82) is 0 Å². The lowest BCUT2D eigenvalue weighted by Gasteiger charge is -2.10. The maximum Gasteiger partial charge on any atom is 0.221 e. The van der Waals surface area contributed by atoms with Crippen molar-refractivity contribution in [1.82, 2.24) is 0 Å². The zero-order chi connectivity index (χ0) is 14.5. The quantitative estimate of drug-likeness (QED) is 0.891. The molecule has 0 unspecified atom stereocenters. The fraction of sp³-hybridized carbons (Fsp3) is 0.188. The highest BCUT2D eigenvalue weighted by molar-refractivity contribution is 5.88. The highest BCUT2D eigenvalue weighted by Crippen LogP contribution is 2.18. The van der Waals surface area contributed by atoms with Crippen LogP contribution in [0.5, 0.6) is 0 Å². The second-order valence-electron chi connectivity index (χ2n) is 4.64. The molecule has 0 aliphatic rings. The van der Waals surface area contributed by atoms with Gasteiger partial charge in [0.25, 0.3) is 0 Å². The predicted octanol–water partition coefficient (Wildman–Crippen LogP) is 3.70. The van der Waals surface area contributed by atoms with Gasteiger partial charge < -0.3 is 10.6 Å². The molecular weight excluding hydrogens is 255 g/mol. The molecule has 2 N–H and O–H groups in total. The minimum Gasteiger partial charge on any atom is -0.381 e. The zero-order valence-corrected chi connectivity index (χ0v) is 11.5. The van der Waals surface area contributed by atoms with Gasteiger partial charge in [-0.05, 0) is 36.8 Å². The third-order valence-corrected chi connectivity index (χ3v) is 3.02. The van der Waals surface area contributed by atoms with Crippen LogP contribution in [0.15, 0.2) is 42.5 Å².